The first-order valence-corrected chi connectivity index (χ1v) is 4.57. The molecule has 0 unspecified atom stereocenters. The minimum atomic E-state index is -1.08. The molecule has 0 saturated heterocycles. The summed E-state index contributed by atoms with van der Waals surface area (Å²) in [6.45, 7) is 0. The number of halogens is 3. The molecule has 82 valence electrons. The monoisotopic (exact) mass is 271 g/mol. The quantitative estimate of drug-likeness (QED) is 0.395. The normalized spacial score (nSPS) is 9.87. The van der Waals surface area contributed by atoms with Gasteiger partial charge in [0.25, 0.3) is 0 Å². The smallest absolute Gasteiger partial charge is 0.223 e. The van der Waals surface area contributed by atoms with Crippen molar-refractivity contribution in [3.8, 4) is 0 Å². The van der Waals surface area contributed by atoms with Crippen LogP contribution < -0.4 is 11.0 Å². The van der Waals surface area contributed by atoms with E-state index in [1.165, 1.54) is 12.1 Å². The molecule has 0 aliphatic heterocycles. The molecule has 0 aromatic heterocycles. The Kier molecular flexibility index (Phi) is 3.81. The molecule has 9 heteroatoms. The SMILES string of the molecule is NN(O[N+](=O)[O-])c1cc(Cl)c(Cl)cc1Cl. The fourth-order valence-electron chi connectivity index (χ4n) is 0.797. The second kappa shape index (κ2) is 4.71. The van der Waals surface area contributed by atoms with Gasteiger partial charge in [0, 0.05) is 0 Å². The second-order valence-corrected chi connectivity index (χ2v) is 3.57. The van der Waals surface area contributed by atoms with Gasteiger partial charge < -0.3 is 0 Å². The summed E-state index contributed by atoms with van der Waals surface area (Å²) in [5, 5.41) is 9.74. The van der Waals surface area contributed by atoms with E-state index in [0.29, 0.717) is 5.17 Å². The fourth-order valence-corrected chi connectivity index (χ4v) is 1.42. The molecule has 0 saturated carbocycles. The summed E-state index contributed by atoms with van der Waals surface area (Å²) < 4.78 is 0. The molecule has 0 spiro atoms. The maximum absolute atomic E-state index is 10.0. The molecule has 0 atom stereocenters. The molecule has 1 rings (SSSR count). The number of nitrogens with zero attached hydrogens (tertiary/aromatic N) is 2. The molecule has 0 radical (unpaired) electrons. The van der Waals surface area contributed by atoms with E-state index >= 15 is 0 Å². The van der Waals surface area contributed by atoms with E-state index in [1.54, 1.807) is 0 Å². The Morgan fingerprint density at radius 3 is 2.33 bits per heavy atom. The van der Waals surface area contributed by atoms with E-state index in [4.69, 9.17) is 40.6 Å². The number of hydrazine groups is 1. The number of nitrogens with two attached hydrogens (primary N) is 1. The Hall–Kier alpha value is -0.950. The molecular weight excluding hydrogens is 268 g/mol. The fraction of sp³-hybridized carbons (Fsp3) is 0. The van der Waals surface area contributed by atoms with Crippen molar-refractivity contribution in [3.05, 3.63) is 37.3 Å². The Morgan fingerprint density at radius 2 is 1.80 bits per heavy atom. The van der Waals surface area contributed by atoms with E-state index in [9.17, 15) is 10.1 Å². The molecule has 1 aromatic carbocycles. The van der Waals surface area contributed by atoms with E-state index in [1.807, 2.05) is 0 Å². The van der Waals surface area contributed by atoms with E-state index in [-0.39, 0.29) is 20.8 Å². The molecule has 0 fully saturated rings. The Labute approximate surface area is 99.1 Å². The van der Waals surface area contributed by atoms with Gasteiger partial charge in [-0.25, -0.2) is 5.84 Å². The van der Waals surface area contributed by atoms with Crippen molar-refractivity contribution in [1.82, 2.24) is 0 Å². The summed E-state index contributed by atoms with van der Waals surface area (Å²) >= 11 is 17.0. The van der Waals surface area contributed by atoms with Crippen molar-refractivity contribution in [2.45, 2.75) is 0 Å². The minimum Gasteiger partial charge on any atom is -0.223 e. The molecule has 1 aromatic rings. The van der Waals surface area contributed by atoms with Crippen LogP contribution in [-0.2, 0) is 4.94 Å². The Bertz CT molecular complexity index is 401. The lowest BCUT2D eigenvalue weighted by atomic mass is 10.3. The first-order valence-electron chi connectivity index (χ1n) is 3.43. The van der Waals surface area contributed by atoms with Gasteiger partial charge in [0.05, 0.1) is 15.1 Å². The third kappa shape index (κ3) is 3.00. The largest absolute Gasteiger partial charge is 0.318 e. The highest BCUT2D eigenvalue weighted by Crippen LogP contribution is 2.33. The van der Waals surface area contributed by atoms with Gasteiger partial charge in [-0.1, -0.05) is 34.8 Å². The van der Waals surface area contributed by atoms with E-state index in [2.05, 4.69) is 4.94 Å². The maximum atomic E-state index is 10.0. The molecule has 0 amide bonds. The Balaban J connectivity index is 3.03. The van der Waals surface area contributed by atoms with Crippen LogP contribution in [0.15, 0.2) is 12.1 Å². The topological polar surface area (TPSA) is 81.6 Å². The predicted octanol–water partition coefficient (Wildman–Crippen LogP) is 2.45. The summed E-state index contributed by atoms with van der Waals surface area (Å²) in [7, 11) is 0. The predicted molar refractivity (Wildman–Crippen MR) is 56.2 cm³/mol. The summed E-state index contributed by atoms with van der Waals surface area (Å²) in [6.07, 6.45) is 0. The number of benzene rings is 1. The molecule has 6 nitrogen and oxygen atoms in total. The molecular formula is C6H4Cl3N3O3. The molecule has 0 heterocycles. The average molecular weight is 272 g/mol. The van der Waals surface area contributed by atoms with E-state index in [0.717, 1.165) is 0 Å². The van der Waals surface area contributed by atoms with Crippen LogP contribution in [0, 0.1) is 10.1 Å². The zero-order valence-electron chi connectivity index (χ0n) is 6.99. The van der Waals surface area contributed by atoms with Crippen LogP contribution in [0.1, 0.15) is 0 Å². The summed E-state index contributed by atoms with van der Waals surface area (Å²) in [5.74, 6) is 5.20. The zero-order chi connectivity index (χ0) is 11.6. The molecule has 0 aliphatic rings. The first kappa shape index (κ1) is 12.1. The maximum Gasteiger partial charge on any atom is 0.318 e. The summed E-state index contributed by atoms with van der Waals surface area (Å²) in [6, 6.07) is 2.54. The first-order chi connectivity index (χ1) is 6.91. The number of hydrogen-bond acceptors (Lipinski definition) is 5. The van der Waals surface area contributed by atoms with Crippen molar-refractivity contribution in [3.63, 3.8) is 0 Å². The van der Waals surface area contributed by atoms with Crippen LogP contribution in [-0.4, -0.2) is 5.09 Å². The third-order valence-electron chi connectivity index (χ3n) is 1.38. The lowest BCUT2D eigenvalue weighted by Gasteiger charge is -2.16. The van der Waals surface area contributed by atoms with Crippen molar-refractivity contribution >= 4 is 40.5 Å². The zero-order valence-corrected chi connectivity index (χ0v) is 9.25. The molecule has 15 heavy (non-hydrogen) atoms. The second-order valence-electron chi connectivity index (χ2n) is 2.35. The Morgan fingerprint density at radius 1 is 1.27 bits per heavy atom. The van der Waals surface area contributed by atoms with Crippen LogP contribution >= 0.6 is 34.8 Å². The van der Waals surface area contributed by atoms with E-state index < -0.39 is 5.09 Å². The highest BCUT2D eigenvalue weighted by Gasteiger charge is 2.13. The van der Waals surface area contributed by atoms with Gasteiger partial charge in [-0.3, -0.25) is 0 Å². The van der Waals surface area contributed by atoms with Crippen LogP contribution in [0.4, 0.5) is 5.69 Å². The molecule has 0 aliphatic carbocycles. The lowest BCUT2D eigenvalue weighted by molar-refractivity contribution is -0.762. The standard InChI is InChI=1S/C6H4Cl3N3O3/c7-3-1-5(9)6(2-4(3)8)11(10)15-12(13)14/h1-2H,10H2. The molecule has 0 bridgehead atoms. The molecule has 2 N–H and O–H groups in total. The number of rotatable bonds is 3. The lowest BCUT2D eigenvalue weighted by Crippen LogP contribution is -2.33. The highest BCUT2D eigenvalue weighted by atomic mass is 35.5. The third-order valence-corrected chi connectivity index (χ3v) is 2.41. The summed E-state index contributed by atoms with van der Waals surface area (Å²) in [5.41, 5.74) is 0.0303. The number of hydrogen-bond donors (Lipinski definition) is 1. The van der Waals surface area contributed by atoms with Gasteiger partial charge in [-0.2, -0.15) is 4.94 Å². The van der Waals surface area contributed by atoms with Gasteiger partial charge in [-0.05, 0) is 12.1 Å². The van der Waals surface area contributed by atoms with Gasteiger partial charge in [0.1, 0.15) is 5.69 Å². The highest BCUT2D eigenvalue weighted by molar-refractivity contribution is 6.44. The number of anilines is 1. The van der Waals surface area contributed by atoms with Crippen molar-refractivity contribution in [2.75, 3.05) is 5.17 Å². The van der Waals surface area contributed by atoms with Crippen LogP contribution in [0.3, 0.4) is 0 Å². The van der Waals surface area contributed by atoms with Crippen molar-refractivity contribution in [1.29, 1.82) is 0 Å². The van der Waals surface area contributed by atoms with Crippen LogP contribution in [0.2, 0.25) is 15.1 Å². The van der Waals surface area contributed by atoms with Gasteiger partial charge in [0.2, 0.25) is 0 Å². The summed E-state index contributed by atoms with van der Waals surface area (Å²) in [4.78, 5) is 14.0. The van der Waals surface area contributed by atoms with Gasteiger partial charge in [0.15, 0.2) is 0 Å². The van der Waals surface area contributed by atoms with Gasteiger partial charge in [-0.15, -0.1) is 15.3 Å². The van der Waals surface area contributed by atoms with Crippen LogP contribution in [0.5, 0.6) is 0 Å². The minimum absolute atomic E-state index is 0.0303. The average Bonchev–Trinajstić information content (AvgIpc) is 2.09. The van der Waals surface area contributed by atoms with Crippen molar-refractivity contribution in [2.24, 2.45) is 5.84 Å². The van der Waals surface area contributed by atoms with Crippen LogP contribution in [0.25, 0.3) is 0 Å². The van der Waals surface area contributed by atoms with Crippen molar-refractivity contribution < 1.29 is 10.0 Å². The van der Waals surface area contributed by atoms with Gasteiger partial charge >= 0.3 is 5.09 Å².